The highest BCUT2D eigenvalue weighted by Gasteiger charge is 2.31. The Kier molecular flexibility index (Phi) is 4.18. The number of hydrogen-bond donors (Lipinski definition) is 0. The van der Waals surface area contributed by atoms with Crippen LogP contribution < -0.4 is 4.90 Å². The van der Waals surface area contributed by atoms with Crippen LogP contribution in [-0.4, -0.2) is 32.4 Å². The van der Waals surface area contributed by atoms with E-state index in [-0.39, 0.29) is 5.92 Å². The number of hydrogen-bond acceptors (Lipinski definition) is 5. The van der Waals surface area contributed by atoms with Crippen LogP contribution in [0, 0.1) is 17.2 Å². The molecular formula is C18H15F3N6. The van der Waals surface area contributed by atoms with Crippen molar-refractivity contribution in [1.82, 2.24) is 19.4 Å². The van der Waals surface area contributed by atoms with Gasteiger partial charge >= 0.3 is 6.18 Å². The fourth-order valence-corrected chi connectivity index (χ4v) is 3.25. The van der Waals surface area contributed by atoms with Gasteiger partial charge in [-0.1, -0.05) is 0 Å². The van der Waals surface area contributed by atoms with Crippen LogP contribution in [0.4, 0.5) is 19.0 Å². The van der Waals surface area contributed by atoms with Crippen LogP contribution in [0.5, 0.6) is 0 Å². The van der Waals surface area contributed by atoms with E-state index in [1.165, 1.54) is 16.7 Å². The van der Waals surface area contributed by atoms with Gasteiger partial charge in [-0.05, 0) is 31.0 Å². The third-order valence-corrected chi connectivity index (χ3v) is 4.63. The van der Waals surface area contributed by atoms with E-state index in [2.05, 4.69) is 21.0 Å². The second-order valence-electron chi connectivity index (χ2n) is 6.44. The summed E-state index contributed by atoms with van der Waals surface area (Å²) >= 11 is 0. The first-order chi connectivity index (χ1) is 13.0. The van der Waals surface area contributed by atoms with Gasteiger partial charge in [-0.25, -0.2) is 15.0 Å². The topological polar surface area (TPSA) is 70.1 Å². The summed E-state index contributed by atoms with van der Waals surface area (Å²) in [4.78, 5) is 14.9. The molecule has 1 aliphatic rings. The van der Waals surface area contributed by atoms with Gasteiger partial charge in [0.25, 0.3) is 0 Å². The van der Waals surface area contributed by atoms with Crippen molar-refractivity contribution in [2.24, 2.45) is 5.92 Å². The van der Waals surface area contributed by atoms with Crippen LogP contribution in [0.1, 0.15) is 18.4 Å². The molecule has 1 unspecified atom stereocenters. The summed E-state index contributed by atoms with van der Waals surface area (Å²) in [7, 11) is 0. The predicted octanol–water partition coefficient (Wildman–Crippen LogP) is 3.55. The van der Waals surface area contributed by atoms with E-state index in [4.69, 9.17) is 5.26 Å². The Hall–Kier alpha value is -3.15. The van der Waals surface area contributed by atoms with E-state index in [9.17, 15) is 13.2 Å². The second kappa shape index (κ2) is 6.54. The van der Waals surface area contributed by atoms with Gasteiger partial charge in [-0.2, -0.15) is 18.4 Å². The minimum absolute atomic E-state index is 0.0534. The molecule has 0 bridgehead atoms. The number of anilines is 1. The fraction of sp³-hybridized carbons (Fsp3) is 0.333. The van der Waals surface area contributed by atoms with Gasteiger partial charge in [0.2, 0.25) is 0 Å². The van der Waals surface area contributed by atoms with Gasteiger partial charge < -0.3 is 4.90 Å². The number of piperidine rings is 1. The van der Waals surface area contributed by atoms with Crippen molar-refractivity contribution in [3.8, 4) is 17.6 Å². The summed E-state index contributed by atoms with van der Waals surface area (Å²) in [5.41, 5.74) is -0.000361. The number of aromatic nitrogens is 4. The van der Waals surface area contributed by atoms with Crippen LogP contribution in [0.15, 0.2) is 36.8 Å². The Balaban J connectivity index is 1.73. The summed E-state index contributed by atoms with van der Waals surface area (Å²) < 4.78 is 40.4. The fourth-order valence-electron chi connectivity index (χ4n) is 3.25. The third kappa shape index (κ3) is 3.30. The molecule has 0 aromatic carbocycles. The van der Waals surface area contributed by atoms with E-state index in [1.54, 1.807) is 12.3 Å². The van der Waals surface area contributed by atoms with E-state index < -0.39 is 11.7 Å². The molecule has 0 amide bonds. The lowest BCUT2D eigenvalue weighted by atomic mass is 10.00. The Morgan fingerprint density at radius 2 is 2.04 bits per heavy atom. The van der Waals surface area contributed by atoms with E-state index >= 15 is 0 Å². The lowest BCUT2D eigenvalue weighted by Gasteiger charge is -2.30. The van der Waals surface area contributed by atoms with Crippen molar-refractivity contribution >= 4 is 11.5 Å². The lowest BCUT2D eigenvalue weighted by molar-refractivity contribution is -0.137. The Labute approximate surface area is 152 Å². The maximum absolute atomic E-state index is 13.0. The predicted molar refractivity (Wildman–Crippen MR) is 91.8 cm³/mol. The van der Waals surface area contributed by atoms with Crippen molar-refractivity contribution in [3.05, 3.63) is 42.4 Å². The van der Waals surface area contributed by atoms with E-state index in [0.717, 1.165) is 31.6 Å². The Morgan fingerprint density at radius 3 is 2.81 bits per heavy atom. The average molecular weight is 372 g/mol. The molecule has 0 saturated carbocycles. The second-order valence-corrected chi connectivity index (χ2v) is 6.44. The standard InChI is InChI=1S/C18H15F3N6/c19-18(20,21)13-3-4-15-24-9-14(27(15)11-13)17-23-6-5-16(25-17)26-7-1-2-12(8-22)10-26/h3-6,9,11-12H,1-2,7,10H2. The molecule has 6 nitrogen and oxygen atoms in total. The number of fused-ring (bicyclic) bond motifs is 1. The summed E-state index contributed by atoms with van der Waals surface area (Å²) in [6.45, 7) is 1.36. The highest BCUT2D eigenvalue weighted by molar-refractivity contribution is 5.59. The highest BCUT2D eigenvalue weighted by Crippen LogP contribution is 2.30. The number of rotatable bonds is 2. The normalized spacial score (nSPS) is 17.9. The van der Waals surface area contributed by atoms with Gasteiger partial charge in [-0.15, -0.1) is 0 Å². The molecule has 1 fully saturated rings. The van der Waals surface area contributed by atoms with Crippen LogP contribution >= 0.6 is 0 Å². The molecule has 27 heavy (non-hydrogen) atoms. The van der Waals surface area contributed by atoms with Gasteiger partial charge in [-0.3, -0.25) is 4.40 Å². The number of alkyl halides is 3. The molecule has 0 N–H and O–H groups in total. The van der Waals surface area contributed by atoms with Crippen molar-refractivity contribution in [2.75, 3.05) is 18.0 Å². The minimum atomic E-state index is -4.45. The quantitative estimate of drug-likeness (QED) is 0.688. The molecule has 4 heterocycles. The molecule has 3 aromatic heterocycles. The maximum atomic E-state index is 13.0. The zero-order valence-electron chi connectivity index (χ0n) is 14.2. The summed E-state index contributed by atoms with van der Waals surface area (Å²) in [6.07, 6.45) is 1.34. The van der Waals surface area contributed by atoms with E-state index in [0.29, 0.717) is 29.5 Å². The number of nitrogens with zero attached hydrogens (tertiary/aromatic N) is 6. The molecule has 3 aromatic rings. The van der Waals surface area contributed by atoms with Crippen molar-refractivity contribution < 1.29 is 13.2 Å². The molecule has 1 aliphatic heterocycles. The van der Waals surface area contributed by atoms with Gasteiger partial charge in [0, 0.05) is 25.5 Å². The molecule has 0 radical (unpaired) electrons. The van der Waals surface area contributed by atoms with Gasteiger partial charge in [0.1, 0.15) is 17.2 Å². The zero-order chi connectivity index (χ0) is 19.0. The molecule has 138 valence electrons. The van der Waals surface area contributed by atoms with Crippen LogP contribution in [-0.2, 0) is 6.18 Å². The highest BCUT2D eigenvalue weighted by atomic mass is 19.4. The first-order valence-electron chi connectivity index (χ1n) is 8.48. The van der Waals surface area contributed by atoms with Crippen molar-refractivity contribution in [1.29, 1.82) is 5.26 Å². The lowest BCUT2D eigenvalue weighted by Crippen LogP contribution is -2.35. The zero-order valence-corrected chi connectivity index (χ0v) is 14.2. The summed E-state index contributed by atoms with van der Waals surface area (Å²) in [5, 5.41) is 9.16. The molecular weight excluding hydrogens is 357 g/mol. The van der Waals surface area contributed by atoms with Crippen molar-refractivity contribution in [2.45, 2.75) is 19.0 Å². The molecule has 9 heteroatoms. The smallest absolute Gasteiger partial charge is 0.355 e. The molecule has 1 atom stereocenters. The van der Waals surface area contributed by atoms with Gasteiger partial charge in [0.15, 0.2) is 5.82 Å². The first-order valence-corrected chi connectivity index (χ1v) is 8.48. The Morgan fingerprint density at radius 1 is 1.19 bits per heavy atom. The molecule has 0 aliphatic carbocycles. The minimum Gasteiger partial charge on any atom is -0.355 e. The van der Waals surface area contributed by atoms with Gasteiger partial charge in [0.05, 0.1) is 23.7 Å². The number of pyridine rings is 1. The van der Waals surface area contributed by atoms with Crippen LogP contribution in [0.25, 0.3) is 17.2 Å². The molecule has 4 rings (SSSR count). The first kappa shape index (κ1) is 17.3. The third-order valence-electron chi connectivity index (χ3n) is 4.63. The number of halogens is 3. The number of imidazole rings is 1. The number of nitriles is 1. The monoisotopic (exact) mass is 372 g/mol. The van der Waals surface area contributed by atoms with Crippen molar-refractivity contribution in [3.63, 3.8) is 0 Å². The molecule has 1 saturated heterocycles. The largest absolute Gasteiger partial charge is 0.417 e. The molecule has 0 spiro atoms. The maximum Gasteiger partial charge on any atom is 0.417 e. The summed E-state index contributed by atoms with van der Waals surface area (Å²) in [5.74, 6) is 0.891. The van der Waals surface area contributed by atoms with Crippen LogP contribution in [0.2, 0.25) is 0 Å². The van der Waals surface area contributed by atoms with Crippen LogP contribution in [0.3, 0.4) is 0 Å². The van der Waals surface area contributed by atoms with E-state index in [1.807, 2.05) is 4.90 Å². The Bertz CT molecular complexity index is 1020. The SMILES string of the molecule is N#CC1CCCN(c2ccnc(-c3cnc4ccc(C(F)(F)F)cn34)n2)C1. The summed E-state index contributed by atoms with van der Waals surface area (Å²) in [6, 6.07) is 6.35. The average Bonchev–Trinajstić information content (AvgIpc) is 3.11.